The SMILES string of the molecule is COC(=O)c1ccc([C@@H]2Nc3ccc(C(=O)OC)cc3[C@@H]3[C@H]4CC[C@@H](C4)[C@@H]32)cc1. The Balaban J connectivity index is 1.54. The summed E-state index contributed by atoms with van der Waals surface area (Å²) in [6.07, 6.45) is 3.80. The molecular weight excluding hydrogens is 366 g/mol. The van der Waals surface area contributed by atoms with Gasteiger partial charge in [-0.25, -0.2) is 9.59 Å². The molecule has 5 atom stereocenters. The van der Waals surface area contributed by atoms with E-state index in [2.05, 4.69) is 5.32 Å². The third-order valence-electron chi connectivity index (χ3n) is 7.20. The molecule has 2 aromatic rings. The monoisotopic (exact) mass is 391 g/mol. The number of rotatable bonds is 3. The third-order valence-corrected chi connectivity index (χ3v) is 7.20. The van der Waals surface area contributed by atoms with Gasteiger partial charge in [0, 0.05) is 5.69 Å². The van der Waals surface area contributed by atoms with Crippen molar-refractivity contribution in [1.82, 2.24) is 0 Å². The van der Waals surface area contributed by atoms with E-state index in [1.165, 1.54) is 44.6 Å². The molecule has 5 nitrogen and oxygen atoms in total. The molecule has 0 radical (unpaired) electrons. The van der Waals surface area contributed by atoms with Crippen LogP contribution < -0.4 is 5.32 Å². The van der Waals surface area contributed by atoms with E-state index >= 15 is 0 Å². The fourth-order valence-electron chi connectivity index (χ4n) is 6.01. The first-order valence-electron chi connectivity index (χ1n) is 10.3. The van der Waals surface area contributed by atoms with E-state index in [1.54, 1.807) is 0 Å². The molecule has 1 N–H and O–H groups in total. The van der Waals surface area contributed by atoms with Crippen LogP contribution in [-0.4, -0.2) is 26.2 Å². The topological polar surface area (TPSA) is 64.6 Å². The Morgan fingerprint density at radius 1 is 0.897 bits per heavy atom. The molecule has 5 heteroatoms. The Hall–Kier alpha value is -2.82. The van der Waals surface area contributed by atoms with Crippen molar-refractivity contribution in [3.8, 4) is 0 Å². The highest BCUT2D eigenvalue weighted by atomic mass is 16.5. The number of anilines is 1. The molecule has 0 aromatic heterocycles. The number of methoxy groups -OCH3 is 2. The Morgan fingerprint density at radius 2 is 1.55 bits per heavy atom. The maximum atomic E-state index is 12.1. The fraction of sp³-hybridized carbons (Fsp3) is 0.417. The Morgan fingerprint density at radius 3 is 2.28 bits per heavy atom. The minimum Gasteiger partial charge on any atom is -0.465 e. The second kappa shape index (κ2) is 6.90. The zero-order valence-corrected chi connectivity index (χ0v) is 16.7. The van der Waals surface area contributed by atoms with Gasteiger partial charge in [0.05, 0.1) is 31.4 Å². The molecule has 0 amide bonds. The van der Waals surface area contributed by atoms with Gasteiger partial charge in [-0.15, -0.1) is 0 Å². The van der Waals surface area contributed by atoms with Gasteiger partial charge in [-0.1, -0.05) is 12.1 Å². The van der Waals surface area contributed by atoms with Crippen LogP contribution in [-0.2, 0) is 9.47 Å². The highest BCUT2D eigenvalue weighted by molar-refractivity contribution is 5.90. The number of benzene rings is 2. The Labute approximate surface area is 170 Å². The lowest BCUT2D eigenvalue weighted by Gasteiger charge is -2.43. The van der Waals surface area contributed by atoms with Crippen LogP contribution in [0.5, 0.6) is 0 Å². The summed E-state index contributed by atoms with van der Waals surface area (Å²) < 4.78 is 9.76. The summed E-state index contributed by atoms with van der Waals surface area (Å²) in [6.45, 7) is 0. The molecule has 0 unspecified atom stereocenters. The van der Waals surface area contributed by atoms with Gasteiger partial charge < -0.3 is 14.8 Å². The van der Waals surface area contributed by atoms with Gasteiger partial charge in [-0.05, 0) is 84.4 Å². The first-order valence-corrected chi connectivity index (χ1v) is 10.3. The highest BCUT2D eigenvalue weighted by Gasteiger charge is 2.53. The number of hydrogen-bond acceptors (Lipinski definition) is 5. The largest absolute Gasteiger partial charge is 0.465 e. The smallest absolute Gasteiger partial charge is 0.337 e. The van der Waals surface area contributed by atoms with Crippen molar-refractivity contribution in [2.24, 2.45) is 17.8 Å². The molecule has 1 heterocycles. The lowest BCUT2D eigenvalue weighted by atomic mass is 9.68. The van der Waals surface area contributed by atoms with E-state index in [0.717, 1.165) is 5.69 Å². The van der Waals surface area contributed by atoms with Gasteiger partial charge >= 0.3 is 11.9 Å². The molecule has 3 aliphatic rings. The van der Waals surface area contributed by atoms with E-state index in [4.69, 9.17) is 9.47 Å². The molecule has 5 rings (SSSR count). The summed E-state index contributed by atoms with van der Waals surface area (Å²) in [5.41, 5.74) is 4.75. The van der Waals surface area contributed by atoms with Gasteiger partial charge in [0.2, 0.25) is 0 Å². The van der Waals surface area contributed by atoms with Crippen molar-refractivity contribution in [3.05, 3.63) is 64.7 Å². The van der Waals surface area contributed by atoms with Gasteiger partial charge in [0.15, 0.2) is 0 Å². The lowest BCUT2D eigenvalue weighted by molar-refractivity contribution is 0.0591. The van der Waals surface area contributed by atoms with Crippen LogP contribution in [0.1, 0.15) is 63.1 Å². The summed E-state index contributed by atoms with van der Waals surface area (Å²) in [5.74, 6) is 1.73. The van der Waals surface area contributed by atoms with E-state index in [0.29, 0.717) is 34.8 Å². The van der Waals surface area contributed by atoms with Crippen molar-refractivity contribution in [2.45, 2.75) is 31.2 Å². The molecule has 2 bridgehead atoms. The van der Waals surface area contributed by atoms with Crippen LogP contribution >= 0.6 is 0 Å². The number of carbonyl (C=O) groups excluding carboxylic acids is 2. The second-order valence-electron chi connectivity index (χ2n) is 8.47. The molecule has 0 saturated heterocycles. The summed E-state index contributed by atoms with van der Waals surface area (Å²) in [7, 11) is 2.83. The van der Waals surface area contributed by atoms with E-state index in [-0.39, 0.29) is 18.0 Å². The van der Waals surface area contributed by atoms with E-state index < -0.39 is 0 Å². The summed E-state index contributed by atoms with van der Waals surface area (Å²) >= 11 is 0. The average Bonchev–Trinajstić information content (AvgIpc) is 3.40. The van der Waals surface area contributed by atoms with Crippen molar-refractivity contribution in [2.75, 3.05) is 19.5 Å². The molecule has 29 heavy (non-hydrogen) atoms. The Bertz CT molecular complexity index is 967. The predicted octanol–water partition coefficient (Wildman–Crippen LogP) is 4.56. The molecule has 0 spiro atoms. The Kier molecular flexibility index (Phi) is 4.34. The standard InChI is InChI=1S/C24H25NO4/c1-28-23(26)14-5-3-13(4-6-14)22-21-16-8-7-15(11-16)20(21)18-12-17(24(27)29-2)9-10-19(18)25-22/h3-6,9-10,12,15-16,20-22,25H,7-8,11H2,1-2H3/t15-,16-,20-,21-,22-/m0/s1. The van der Waals surface area contributed by atoms with Gasteiger partial charge in [0.25, 0.3) is 0 Å². The molecular formula is C24H25NO4. The van der Waals surface area contributed by atoms with Crippen LogP contribution in [0.2, 0.25) is 0 Å². The van der Waals surface area contributed by atoms with Crippen LogP contribution in [0.25, 0.3) is 0 Å². The van der Waals surface area contributed by atoms with Crippen molar-refractivity contribution in [3.63, 3.8) is 0 Å². The van der Waals surface area contributed by atoms with Crippen molar-refractivity contribution in [1.29, 1.82) is 0 Å². The maximum absolute atomic E-state index is 12.1. The van der Waals surface area contributed by atoms with Crippen LogP contribution in [0.3, 0.4) is 0 Å². The zero-order valence-electron chi connectivity index (χ0n) is 16.7. The van der Waals surface area contributed by atoms with Crippen LogP contribution in [0.4, 0.5) is 5.69 Å². The quantitative estimate of drug-likeness (QED) is 0.778. The van der Waals surface area contributed by atoms with Crippen LogP contribution in [0, 0.1) is 17.8 Å². The number of hydrogen-bond donors (Lipinski definition) is 1. The number of esters is 2. The maximum Gasteiger partial charge on any atom is 0.337 e. The number of nitrogens with one attached hydrogen (secondary N) is 1. The second-order valence-corrected chi connectivity index (χ2v) is 8.47. The highest BCUT2D eigenvalue weighted by Crippen LogP contribution is 2.63. The predicted molar refractivity (Wildman–Crippen MR) is 109 cm³/mol. The minimum atomic E-state index is -0.313. The first-order chi connectivity index (χ1) is 14.1. The normalized spacial score (nSPS) is 28.8. The molecule has 1 aliphatic heterocycles. The van der Waals surface area contributed by atoms with E-state index in [9.17, 15) is 9.59 Å². The molecule has 2 aromatic carbocycles. The fourth-order valence-corrected chi connectivity index (χ4v) is 6.01. The third kappa shape index (κ3) is 2.83. The minimum absolute atomic E-state index is 0.207. The zero-order chi connectivity index (χ0) is 20.1. The van der Waals surface area contributed by atoms with Crippen molar-refractivity contribution < 1.29 is 19.1 Å². The summed E-state index contributed by atoms with van der Waals surface area (Å²) in [4.78, 5) is 23.9. The number of fused-ring (bicyclic) bond motifs is 7. The molecule has 2 aliphatic carbocycles. The van der Waals surface area contributed by atoms with Crippen molar-refractivity contribution >= 4 is 17.6 Å². The van der Waals surface area contributed by atoms with Gasteiger partial charge in [0.1, 0.15) is 0 Å². The summed E-state index contributed by atoms with van der Waals surface area (Å²) in [5, 5.41) is 3.75. The number of ether oxygens (including phenoxy) is 2. The van der Waals surface area contributed by atoms with Gasteiger partial charge in [-0.3, -0.25) is 0 Å². The van der Waals surface area contributed by atoms with E-state index in [1.807, 2.05) is 42.5 Å². The summed E-state index contributed by atoms with van der Waals surface area (Å²) in [6, 6.07) is 13.9. The lowest BCUT2D eigenvalue weighted by Crippen LogP contribution is -2.35. The average molecular weight is 391 g/mol. The molecule has 2 saturated carbocycles. The molecule has 2 fully saturated rings. The molecule has 150 valence electrons. The first kappa shape index (κ1) is 18.2. The number of carbonyl (C=O) groups is 2. The van der Waals surface area contributed by atoms with Crippen LogP contribution in [0.15, 0.2) is 42.5 Å². The van der Waals surface area contributed by atoms with Gasteiger partial charge in [-0.2, -0.15) is 0 Å².